The number of hydrogen-bond donors (Lipinski definition) is 1. The second-order valence-electron chi connectivity index (χ2n) is 7.33. The van der Waals surface area contributed by atoms with Crippen LogP contribution < -0.4 is 10.2 Å². The minimum Gasteiger partial charge on any atom is -0.326 e. The van der Waals surface area contributed by atoms with Crippen LogP contribution in [0.2, 0.25) is 0 Å². The number of benzene rings is 1. The summed E-state index contributed by atoms with van der Waals surface area (Å²) in [7, 11) is 1.79. The summed E-state index contributed by atoms with van der Waals surface area (Å²) in [5, 5.41) is 3.02. The molecule has 0 aliphatic carbocycles. The molecule has 1 N–H and O–H groups in total. The highest BCUT2D eigenvalue weighted by Crippen LogP contribution is 2.31. The van der Waals surface area contributed by atoms with E-state index in [1.165, 1.54) is 0 Å². The summed E-state index contributed by atoms with van der Waals surface area (Å²) in [6.07, 6.45) is 6.63. The van der Waals surface area contributed by atoms with Crippen LogP contribution in [0.3, 0.4) is 0 Å². The van der Waals surface area contributed by atoms with E-state index in [4.69, 9.17) is 0 Å². The van der Waals surface area contributed by atoms with Gasteiger partial charge in [-0.05, 0) is 49.1 Å². The monoisotopic (exact) mass is 379 g/mol. The number of nitrogens with zero attached hydrogens (tertiary/aromatic N) is 4. The summed E-state index contributed by atoms with van der Waals surface area (Å²) >= 11 is 0. The molecule has 1 atom stereocenters. The van der Waals surface area contributed by atoms with Gasteiger partial charge in [0, 0.05) is 50.5 Å². The predicted octanol–water partition coefficient (Wildman–Crippen LogP) is 3.71. The minimum absolute atomic E-state index is 0.0175. The van der Waals surface area contributed by atoms with Crippen LogP contribution in [-0.4, -0.2) is 53.5 Å². The molecule has 7 nitrogen and oxygen atoms in total. The van der Waals surface area contributed by atoms with Crippen molar-refractivity contribution in [3.8, 4) is 0 Å². The Morgan fingerprint density at radius 2 is 2.04 bits per heavy atom. The van der Waals surface area contributed by atoms with Crippen molar-refractivity contribution in [1.82, 2.24) is 14.8 Å². The maximum absolute atomic E-state index is 13.0. The Labute approximate surface area is 164 Å². The first-order valence-electron chi connectivity index (χ1n) is 9.74. The first kappa shape index (κ1) is 18.3. The number of carbonyl (C=O) groups is 2. The van der Waals surface area contributed by atoms with Crippen molar-refractivity contribution >= 4 is 23.4 Å². The number of hydrogen-bond acceptors (Lipinski definition) is 3. The van der Waals surface area contributed by atoms with Gasteiger partial charge in [-0.15, -0.1) is 0 Å². The van der Waals surface area contributed by atoms with Crippen molar-refractivity contribution in [3.05, 3.63) is 54.4 Å². The number of likely N-dealkylation sites (N-methyl/N-ethyl adjacent to an activating group) is 1. The van der Waals surface area contributed by atoms with Crippen LogP contribution in [0.4, 0.5) is 21.0 Å². The number of aromatic nitrogens is 1. The van der Waals surface area contributed by atoms with E-state index >= 15 is 0 Å². The topological polar surface area (TPSA) is 68.8 Å². The SMILES string of the molecule is CN1CCN(c2cccc(NC(=O)N3CCCC[C@H]3c3cccnc3)c2)C1=O. The van der Waals surface area contributed by atoms with Crippen molar-refractivity contribution in [1.29, 1.82) is 0 Å². The van der Waals surface area contributed by atoms with Crippen LogP contribution in [0.15, 0.2) is 48.8 Å². The first-order chi connectivity index (χ1) is 13.6. The number of rotatable bonds is 3. The quantitative estimate of drug-likeness (QED) is 0.884. The summed E-state index contributed by atoms with van der Waals surface area (Å²) < 4.78 is 0. The van der Waals surface area contributed by atoms with Gasteiger partial charge in [-0.1, -0.05) is 12.1 Å². The van der Waals surface area contributed by atoms with Crippen LogP contribution in [0.1, 0.15) is 30.9 Å². The number of urea groups is 2. The maximum atomic E-state index is 13.0. The molecule has 1 aromatic heterocycles. The van der Waals surface area contributed by atoms with Gasteiger partial charge in [0.25, 0.3) is 0 Å². The molecule has 7 heteroatoms. The van der Waals surface area contributed by atoms with Gasteiger partial charge in [0.05, 0.1) is 6.04 Å². The Hall–Kier alpha value is -3.09. The highest BCUT2D eigenvalue weighted by atomic mass is 16.2. The standard InChI is InChI=1S/C21H25N5O2/c1-24-12-13-25(21(24)28)18-8-4-7-17(14-18)23-20(27)26-11-3-2-9-19(26)16-6-5-10-22-15-16/h4-8,10,14-15,19H,2-3,9,11-13H2,1H3,(H,23,27)/t19-/m0/s1. The Morgan fingerprint density at radius 1 is 1.14 bits per heavy atom. The minimum atomic E-state index is -0.115. The fourth-order valence-electron chi connectivity index (χ4n) is 3.93. The number of piperidine rings is 1. The summed E-state index contributed by atoms with van der Waals surface area (Å²) in [6, 6.07) is 11.3. The highest BCUT2D eigenvalue weighted by Gasteiger charge is 2.29. The van der Waals surface area contributed by atoms with E-state index in [-0.39, 0.29) is 18.1 Å². The van der Waals surface area contributed by atoms with Gasteiger partial charge in [-0.25, -0.2) is 9.59 Å². The molecule has 2 saturated heterocycles. The normalized spacial score (nSPS) is 19.8. The lowest BCUT2D eigenvalue weighted by Crippen LogP contribution is -2.41. The van der Waals surface area contributed by atoms with Crippen molar-refractivity contribution in [2.45, 2.75) is 25.3 Å². The predicted molar refractivity (Wildman–Crippen MR) is 108 cm³/mol. The van der Waals surface area contributed by atoms with Gasteiger partial charge in [0.1, 0.15) is 0 Å². The molecular weight excluding hydrogens is 354 g/mol. The van der Waals surface area contributed by atoms with Crippen LogP contribution in [0, 0.1) is 0 Å². The van der Waals surface area contributed by atoms with Crippen LogP contribution in [0.25, 0.3) is 0 Å². The van der Waals surface area contributed by atoms with Crippen LogP contribution >= 0.6 is 0 Å². The molecule has 2 aliphatic heterocycles. The average molecular weight is 379 g/mol. The third-order valence-electron chi connectivity index (χ3n) is 5.46. The second kappa shape index (κ2) is 7.88. The van der Waals surface area contributed by atoms with Crippen LogP contribution in [-0.2, 0) is 0 Å². The molecule has 2 aromatic rings. The zero-order valence-corrected chi connectivity index (χ0v) is 16.0. The third kappa shape index (κ3) is 3.65. The van der Waals surface area contributed by atoms with E-state index in [0.717, 1.165) is 37.1 Å². The van der Waals surface area contributed by atoms with Crippen molar-refractivity contribution in [3.63, 3.8) is 0 Å². The molecule has 0 saturated carbocycles. The van der Waals surface area contributed by atoms with Gasteiger partial charge in [0.2, 0.25) is 0 Å². The maximum Gasteiger partial charge on any atom is 0.324 e. The Kier molecular flexibility index (Phi) is 5.14. The van der Waals surface area contributed by atoms with Gasteiger partial charge in [-0.3, -0.25) is 9.88 Å². The van der Waals surface area contributed by atoms with E-state index in [2.05, 4.69) is 10.3 Å². The van der Waals surface area contributed by atoms with E-state index in [9.17, 15) is 9.59 Å². The Balaban J connectivity index is 1.50. The van der Waals surface area contributed by atoms with Crippen LogP contribution in [0.5, 0.6) is 0 Å². The summed E-state index contributed by atoms with van der Waals surface area (Å²) in [6.45, 7) is 2.08. The lowest BCUT2D eigenvalue weighted by atomic mass is 9.97. The molecule has 2 fully saturated rings. The van der Waals surface area contributed by atoms with Gasteiger partial charge < -0.3 is 15.1 Å². The zero-order chi connectivity index (χ0) is 19.5. The second-order valence-corrected chi connectivity index (χ2v) is 7.33. The van der Waals surface area contributed by atoms with Gasteiger partial charge >= 0.3 is 12.1 Å². The summed E-state index contributed by atoms with van der Waals surface area (Å²) in [5.74, 6) is 0. The van der Waals surface area contributed by atoms with Crippen molar-refractivity contribution in [2.24, 2.45) is 0 Å². The van der Waals surface area contributed by atoms with E-state index in [1.807, 2.05) is 47.5 Å². The Bertz CT molecular complexity index is 857. The van der Waals surface area contributed by atoms with E-state index in [1.54, 1.807) is 23.0 Å². The van der Waals surface area contributed by atoms with Gasteiger partial charge in [-0.2, -0.15) is 0 Å². The molecule has 0 spiro atoms. The molecule has 4 amide bonds. The number of pyridine rings is 1. The van der Waals surface area contributed by atoms with E-state index < -0.39 is 0 Å². The smallest absolute Gasteiger partial charge is 0.324 e. The zero-order valence-electron chi connectivity index (χ0n) is 16.0. The molecule has 1 aromatic carbocycles. The molecular formula is C21H25N5O2. The molecule has 28 heavy (non-hydrogen) atoms. The fraction of sp³-hybridized carbons (Fsp3) is 0.381. The number of anilines is 2. The lowest BCUT2D eigenvalue weighted by molar-refractivity contribution is 0.163. The Morgan fingerprint density at radius 3 is 2.79 bits per heavy atom. The van der Waals surface area contributed by atoms with E-state index in [0.29, 0.717) is 18.8 Å². The molecule has 0 radical (unpaired) electrons. The number of likely N-dealkylation sites (tertiary alicyclic amines) is 1. The summed E-state index contributed by atoms with van der Waals surface area (Å²) in [5.41, 5.74) is 2.56. The highest BCUT2D eigenvalue weighted by molar-refractivity contribution is 5.95. The van der Waals surface area contributed by atoms with Crippen molar-refractivity contribution < 1.29 is 9.59 Å². The fourth-order valence-corrected chi connectivity index (χ4v) is 3.93. The molecule has 4 rings (SSSR count). The molecule has 3 heterocycles. The number of nitrogens with one attached hydrogen (secondary N) is 1. The largest absolute Gasteiger partial charge is 0.326 e. The molecule has 2 aliphatic rings. The summed E-state index contributed by atoms with van der Waals surface area (Å²) in [4.78, 5) is 34.8. The number of amides is 4. The number of carbonyl (C=O) groups excluding carboxylic acids is 2. The molecule has 0 unspecified atom stereocenters. The first-order valence-corrected chi connectivity index (χ1v) is 9.74. The molecule has 0 bridgehead atoms. The average Bonchev–Trinajstić information content (AvgIpc) is 3.07. The third-order valence-corrected chi connectivity index (χ3v) is 5.46. The van der Waals surface area contributed by atoms with Gasteiger partial charge in [0.15, 0.2) is 0 Å². The lowest BCUT2D eigenvalue weighted by Gasteiger charge is -2.35. The molecule has 146 valence electrons. The van der Waals surface area contributed by atoms with Crippen molar-refractivity contribution in [2.75, 3.05) is 36.9 Å².